The molecule has 0 aliphatic carbocycles. The van der Waals surface area contributed by atoms with Crippen molar-refractivity contribution in [3.63, 3.8) is 0 Å². The van der Waals surface area contributed by atoms with Gasteiger partial charge in [0.25, 0.3) is 0 Å². The van der Waals surface area contributed by atoms with Crippen LogP contribution in [0.2, 0.25) is 5.02 Å². The SMILES string of the molecule is C[C@@H](O)CN1CCN(C(=O)Cc2c(F)cccc2Cl)CC1. The maximum Gasteiger partial charge on any atom is 0.227 e. The predicted molar refractivity (Wildman–Crippen MR) is 79.8 cm³/mol. The van der Waals surface area contributed by atoms with Crippen LogP contribution in [0.5, 0.6) is 0 Å². The molecule has 1 aliphatic rings. The Morgan fingerprint density at radius 2 is 2.05 bits per heavy atom. The molecule has 2 rings (SSSR count). The van der Waals surface area contributed by atoms with Gasteiger partial charge in [-0.1, -0.05) is 17.7 Å². The molecule has 1 N–H and O–H groups in total. The Hall–Kier alpha value is -1.17. The minimum absolute atomic E-state index is 0.0120. The number of nitrogens with zero attached hydrogens (tertiary/aromatic N) is 2. The molecule has 0 radical (unpaired) electrons. The zero-order valence-electron chi connectivity index (χ0n) is 12.1. The third-order valence-corrected chi connectivity index (χ3v) is 3.99. The Labute approximate surface area is 129 Å². The first-order valence-electron chi connectivity index (χ1n) is 7.08. The topological polar surface area (TPSA) is 43.8 Å². The minimum Gasteiger partial charge on any atom is -0.392 e. The van der Waals surface area contributed by atoms with Crippen molar-refractivity contribution in [2.45, 2.75) is 19.4 Å². The molecule has 1 amide bonds. The van der Waals surface area contributed by atoms with Gasteiger partial charge in [0, 0.05) is 43.3 Å². The van der Waals surface area contributed by atoms with Crippen molar-refractivity contribution in [2.75, 3.05) is 32.7 Å². The van der Waals surface area contributed by atoms with Crippen LogP contribution in [0.4, 0.5) is 4.39 Å². The number of aliphatic hydroxyl groups is 1. The van der Waals surface area contributed by atoms with E-state index in [9.17, 15) is 14.3 Å². The second-order valence-corrected chi connectivity index (χ2v) is 5.81. The number of aliphatic hydroxyl groups excluding tert-OH is 1. The van der Waals surface area contributed by atoms with E-state index >= 15 is 0 Å². The van der Waals surface area contributed by atoms with Gasteiger partial charge < -0.3 is 10.0 Å². The molecule has 1 fully saturated rings. The predicted octanol–water partition coefficient (Wildman–Crippen LogP) is 1.55. The van der Waals surface area contributed by atoms with E-state index in [0.717, 1.165) is 13.1 Å². The number of carbonyl (C=O) groups excluding carboxylic acids is 1. The molecule has 1 aromatic carbocycles. The number of hydrogen-bond donors (Lipinski definition) is 1. The largest absolute Gasteiger partial charge is 0.392 e. The average molecular weight is 315 g/mol. The summed E-state index contributed by atoms with van der Waals surface area (Å²) in [4.78, 5) is 16.1. The third kappa shape index (κ3) is 4.40. The van der Waals surface area contributed by atoms with Crippen molar-refractivity contribution in [1.82, 2.24) is 9.80 Å². The van der Waals surface area contributed by atoms with Crippen LogP contribution in [0, 0.1) is 5.82 Å². The molecular formula is C15H20ClFN2O2. The average Bonchev–Trinajstić information content (AvgIpc) is 2.43. The van der Waals surface area contributed by atoms with Crippen LogP contribution in [0.25, 0.3) is 0 Å². The van der Waals surface area contributed by atoms with Gasteiger partial charge in [0.1, 0.15) is 5.82 Å². The number of rotatable bonds is 4. The van der Waals surface area contributed by atoms with Crippen molar-refractivity contribution in [1.29, 1.82) is 0 Å². The van der Waals surface area contributed by atoms with Gasteiger partial charge >= 0.3 is 0 Å². The van der Waals surface area contributed by atoms with E-state index in [4.69, 9.17) is 11.6 Å². The van der Waals surface area contributed by atoms with Crippen molar-refractivity contribution in [3.05, 3.63) is 34.6 Å². The van der Waals surface area contributed by atoms with E-state index in [1.54, 1.807) is 17.9 Å². The second kappa shape index (κ2) is 7.20. The first-order valence-corrected chi connectivity index (χ1v) is 7.46. The summed E-state index contributed by atoms with van der Waals surface area (Å²) in [5, 5.41) is 9.65. The molecule has 4 nitrogen and oxygen atoms in total. The molecule has 0 bridgehead atoms. The van der Waals surface area contributed by atoms with Crippen LogP contribution in [0.1, 0.15) is 12.5 Å². The first kappa shape index (κ1) is 16.2. The van der Waals surface area contributed by atoms with E-state index < -0.39 is 5.82 Å². The van der Waals surface area contributed by atoms with E-state index in [1.807, 2.05) is 0 Å². The van der Waals surface area contributed by atoms with Crippen LogP contribution in [-0.2, 0) is 11.2 Å². The lowest BCUT2D eigenvalue weighted by molar-refractivity contribution is -0.132. The zero-order chi connectivity index (χ0) is 15.4. The molecular weight excluding hydrogens is 295 g/mol. The second-order valence-electron chi connectivity index (χ2n) is 5.41. The summed E-state index contributed by atoms with van der Waals surface area (Å²) in [6.45, 7) is 5.00. The van der Waals surface area contributed by atoms with Crippen LogP contribution < -0.4 is 0 Å². The van der Waals surface area contributed by atoms with Gasteiger partial charge in [0.05, 0.1) is 12.5 Å². The van der Waals surface area contributed by atoms with Crippen molar-refractivity contribution in [3.8, 4) is 0 Å². The summed E-state index contributed by atoms with van der Waals surface area (Å²) in [7, 11) is 0. The van der Waals surface area contributed by atoms with E-state index in [1.165, 1.54) is 12.1 Å². The lowest BCUT2D eigenvalue weighted by Crippen LogP contribution is -2.50. The molecule has 0 spiro atoms. The molecule has 0 saturated carbocycles. The molecule has 1 atom stereocenters. The summed E-state index contributed by atoms with van der Waals surface area (Å²) >= 11 is 5.95. The van der Waals surface area contributed by atoms with Crippen LogP contribution in [0.3, 0.4) is 0 Å². The van der Waals surface area contributed by atoms with E-state index in [2.05, 4.69) is 4.90 Å². The standard InChI is InChI=1S/C15H20ClFN2O2/c1-11(20)10-18-5-7-19(8-6-18)15(21)9-12-13(16)3-2-4-14(12)17/h2-4,11,20H,5-10H2,1H3/t11-/m1/s1. The van der Waals surface area contributed by atoms with Crippen LogP contribution >= 0.6 is 11.6 Å². The summed E-state index contributed by atoms with van der Waals surface area (Å²) in [6.07, 6.45) is -0.383. The van der Waals surface area contributed by atoms with Gasteiger partial charge in [-0.05, 0) is 19.1 Å². The Morgan fingerprint density at radius 1 is 1.38 bits per heavy atom. The number of carbonyl (C=O) groups is 1. The van der Waals surface area contributed by atoms with Gasteiger partial charge in [-0.25, -0.2) is 4.39 Å². The summed E-state index contributed by atoms with van der Waals surface area (Å²) in [6, 6.07) is 4.43. The van der Waals surface area contributed by atoms with Gasteiger partial charge in [0.2, 0.25) is 5.91 Å². The van der Waals surface area contributed by atoms with Gasteiger partial charge in [0.15, 0.2) is 0 Å². The van der Waals surface area contributed by atoms with Crippen LogP contribution in [-0.4, -0.2) is 59.6 Å². The molecule has 0 unspecified atom stereocenters. The Bertz CT molecular complexity index is 482. The Kier molecular flexibility index (Phi) is 5.56. The third-order valence-electron chi connectivity index (χ3n) is 3.64. The van der Waals surface area contributed by atoms with Gasteiger partial charge in [-0.15, -0.1) is 0 Å². The number of amides is 1. The Balaban J connectivity index is 1.91. The molecule has 1 aliphatic heterocycles. The van der Waals surface area contributed by atoms with Crippen molar-refractivity contribution < 1.29 is 14.3 Å². The zero-order valence-corrected chi connectivity index (χ0v) is 12.8. The highest BCUT2D eigenvalue weighted by Gasteiger charge is 2.23. The van der Waals surface area contributed by atoms with E-state index in [-0.39, 0.29) is 29.0 Å². The van der Waals surface area contributed by atoms with Gasteiger partial charge in [-0.3, -0.25) is 9.69 Å². The lowest BCUT2D eigenvalue weighted by Gasteiger charge is -2.35. The molecule has 1 aromatic rings. The number of piperazine rings is 1. The van der Waals surface area contributed by atoms with Crippen molar-refractivity contribution >= 4 is 17.5 Å². The summed E-state index contributed by atoms with van der Waals surface area (Å²) in [5.74, 6) is -0.553. The quantitative estimate of drug-likeness (QED) is 0.917. The fourth-order valence-corrected chi connectivity index (χ4v) is 2.75. The molecule has 21 heavy (non-hydrogen) atoms. The maximum atomic E-state index is 13.7. The highest BCUT2D eigenvalue weighted by atomic mass is 35.5. The highest BCUT2D eigenvalue weighted by Crippen LogP contribution is 2.20. The number of benzene rings is 1. The van der Waals surface area contributed by atoms with Crippen molar-refractivity contribution in [2.24, 2.45) is 0 Å². The molecule has 1 saturated heterocycles. The molecule has 6 heteroatoms. The lowest BCUT2D eigenvalue weighted by atomic mass is 10.1. The number of hydrogen-bond acceptors (Lipinski definition) is 3. The maximum absolute atomic E-state index is 13.7. The molecule has 1 heterocycles. The first-order chi connectivity index (χ1) is 9.97. The van der Waals surface area contributed by atoms with Crippen LogP contribution in [0.15, 0.2) is 18.2 Å². The number of β-amino-alcohol motifs (C(OH)–C–C–N with tert-alkyl or cyclic N) is 1. The fourth-order valence-electron chi connectivity index (χ4n) is 2.52. The molecule has 116 valence electrons. The molecule has 0 aromatic heterocycles. The van der Waals surface area contributed by atoms with Gasteiger partial charge in [-0.2, -0.15) is 0 Å². The Morgan fingerprint density at radius 3 is 2.62 bits per heavy atom. The summed E-state index contributed by atoms with van der Waals surface area (Å²) in [5.41, 5.74) is 0.260. The normalized spacial score (nSPS) is 17.8. The summed E-state index contributed by atoms with van der Waals surface area (Å²) < 4.78 is 13.7. The number of halogens is 2. The fraction of sp³-hybridized carbons (Fsp3) is 0.533. The minimum atomic E-state index is -0.441. The smallest absolute Gasteiger partial charge is 0.227 e. The monoisotopic (exact) mass is 314 g/mol. The van der Waals surface area contributed by atoms with E-state index in [0.29, 0.717) is 19.6 Å². The highest BCUT2D eigenvalue weighted by molar-refractivity contribution is 6.31.